The summed E-state index contributed by atoms with van der Waals surface area (Å²) in [4.78, 5) is 9.10. The highest BCUT2D eigenvalue weighted by Crippen LogP contribution is 2.24. The Labute approximate surface area is 109 Å². The van der Waals surface area contributed by atoms with Gasteiger partial charge in [-0.05, 0) is 24.5 Å². The first-order chi connectivity index (χ1) is 8.88. The standard InChI is InChI=1S/C13H12N4S/c1-18-8-10-3-2-9-4-6-14-13(12(9)16-10)11-5-7-15-17-11/h2-7H,8H2,1H3,(H,15,17). The zero-order valence-electron chi connectivity index (χ0n) is 9.92. The van der Waals surface area contributed by atoms with Gasteiger partial charge in [0, 0.05) is 23.5 Å². The van der Waals surface area contributed by atoms with Crippen molar-refractivity contribution < 1.29 is 0 Å². The van der Waals surface area contributed by atoms with Crippen molar-refractivity contribution in [2.24, 2.45) is 0 Å². The molecular weight excluding hydrogens is 244 g/mol. The molecule has 90 valence electrons. The number of thioether (sulfide) groups is 1. The Kier molecular flexibility index (Phi) is 2.98. The molecule has 0 fully saturated rings. The van der Waals surface area contributed by atoms with Gasteiger partial charge < -0.3 is 0 Å². The average molecular weight is 256 g/mol. The molecule has 0 spiro atoms. The number of nitrogens with zero attached hydrogens (tertiary/aromatic N) is 3. The fraction of sp³-hybridized carbons (Fsp3) is 0.154. The van der Waals surface area contributed by atoms with Crippen LogP contribution in [0.5, 0.6) is 0 Å². The van der Waals surface area contributed by atoms with Gasteiger partial charge in [-0.15, -0.1) is 0 Å². The number of pyridine rings is 2. The molecule has 3 heterocycles. The molecule has 0 aliphatic carbocycles. The maximum absolute atomic E-state index is 4.69. The summed E-state index contributed by atoms with van der Waals surface area (Å²) in [6, 6.07) is 8.04. The lowest BCUT2D eigenvalue weighted by Gasteiger charge is -2.05. The van der Waals surface area contributed by atoms with Crippen molar-refractivity contribution in [3.63, 3.8) is 0 Å². The average Bonchev–Trinajstić information content (AvgIpc) is 2.92. The summed E-state index contributed by atoms with van der Waals surface area (Å²) in [6.45, 7) is 0. The van der Waals surface area contributed by atoms with Crippen LogP contribution in [0.4, 0.5) is 0 Å². The van der Waals surface area contributed by atoms with Gasteiger partial charge in [0.15, 0.2) is 0 Å². The first-order valence-corrected chi connectivity index (χ1v) is 7.01. The first kappa shape index (κ1) is 11.2. The Hall–Kier alpha value is -1.88. The summed E-state index contributed by atoms with van der Waals surface area (Å²) in [6.07, 6.45) is 5.60. The topological polar surface area (TPSA) is 54.5 Å². The van der Waals surface area contributed by atoms with Gasteiger partial charge >= 0.3 is 0 Å². The quantitative estimate of drug-likeness (QED) is 0.783. The second-order valence-electron chi connectivity index (χ2n) is 3.94. The van der Waals surface area contributed by atoms with Crippen LogP contribution < -0.4 is 0 Å². The summed E-state index contributed by atoms with van der Waals surface area (Å²) < 4.78 is 0. The predicted octanol–water partition coefficient (Wildman–Crippen LogP) is 2.88. The van der Waals surface area contributed by atoms with Gasteiger partial charge in [-0.3, -0.25) is 10.1 Å². The third kappa shape index (κ3) is 1.97. The second kappa shape index (κ2) is 4.78. The Morgan fingerprint density at radius 1 is 1.17 bits per heavy atom. The van der Waals surface area contributed by atoms with Gasteiger partial charge in [-0.2, -0.15) is 16.9 Å². The smallest absolute Gasteiger partial charge is 0.114 e. The van der Waals surface area contributed by atoms with E-state index in [4.69, 9.17) is 0 Å². The van der Waals surface area contributed by atoms with E-state index in [0.29, 0.717) is 0 Å². The van der Waals surface area contributed by atoms with Crippen LogP contribution in [0, 0.1) is 0 Å². The van der Waals surface area contributed by atoms with E-state index in [2.05, 4.69) is 38.6 Å². The van der Waals surface area contributed by atoms with Crippen molar-refractivity contribution in [1.82, 2.24) is 20.2 Å². The number of aromatic nitrogens is 4. The Morgan fingerprint density at radius 2 is 2.11 bits per heavy atom. The number of hydrogen-bond acceptors (Lipinski definition) is 4. The molecule has 0 radical (unpaired) electrons. The summed E-state index contributed by atoms with van der Waals surface area (Å²) in [7, 11) is 0. The van der Waals surface area contributed by atoms with Crippen LogP contribution in [0.15, 0.2) is 36.7 Å². The van der Waals surface area contributed by atoms with E-state index >= 15 is 0 Å². The molecule has 0 aromatic carbocycles. The van der Waals surface area contributed by atoms with Crippen LogP contribution in [0.2, 0.25) is 0 Å². The van der Waals surface area contributed by atoms with E-state index in [0.717, 1.165) is 33.7 Å². The van der Waals surface area contributed by atoms with Gasteiger partial charge in [-0.1, -0.05) is 6.07 Å². The fourth-order valence-electron chi connectivity index (χ4n) is 1.90. The highest BCUT2D eigenvalue weighted by atomic mass is 32.2. The fourth-order valence-corrected chi connectivity index (χ4v) is 2.36. The van der Waals surface area contributed by atoms with Gasteiger partial charge in [-0.25, -0.2) is 4.98 Å². The van der Waals surface area contributed by atoms with E-state index in [-0.39, 0.29) is 0 Å². The highest BCUT2D eigenvalue weighted by molar-refractivity contribution is 7.97. The molecule has 0 aliphatic heterocycles. The minimum atomic E-state index is 0.855. The lowest BCUT2D eigenvalue weighted by atomic mass is 10.1. The third-order valence-electron chi connectivity index (χ3n) is 2.71. The van der Waals surface area contributed by atoms with E-state index in [9.17, 15) is 0 Å². The molecule has 0 bridgehead atoms. The number of fused-ring (bicyclic) bond motifs is 1. The highest BCUT2D eigenvalue weighted by Gasteiger charge is 2.08. The molecule has 0 amide bonds. The molecule has 3 aromatic rings. The van der Waals surface area contributed by atoms with Gasteiger partial charge in [0.05, 0.1) is 16.9 Å². The molecule has 18 heavy (non-hydrogen) atoms. The molecule has 0 atom stereocenters. The number of hydrogen-bond donors (Lipinski definition) is 1. The summed E-state index contributed by atoms with van der Waals surface area (Å²) in [5.74, 6) is 0.910. The van der Waals surface area contributed by atoms with E-state index < -0.39 is 0 Å². The minimum absolute atomic E-state index is 0.855. The number of nitrogens with one attached hydrogen (secondary N) is 1. The normalized spacial score (nSPS) is 10.9. The molecule has 3 aromatic heterocycles. The first-order valence-electron chi connectivity index (χ1n) is 5.62. The summed E-state index contributed by atoms with van der Waals surface area (Å²) in [5, 5.41) is 8.00. The predicted molar refractivity (Wildman–Crippen MR) is 74.3 cm³/mol. The largest absolute Gasteiger partial charge is 0.276 e. The van der Waals surface area contributed by atoms with Crippen LogP contribution in [-0.2, 0) is 5.75 Å². The maximum atomic E-state index is 4.69. The monoisotopic (exact) mass is 256 g/mol. The summed E-state index contributed by atoms with van der Waals surface area (Å²) >= 11 is 1.76. The molecule has 0 unspecified atom stereocenters. The van der Waals surface area contributed by atoms with E-state index in [1.165, 1.54) is 0 Å². The molecular formula is C13H12N4S. The Morgan fingerprint density at radius 3 is 2.89 bits per heavy atom. The lowest BCUT2D eigenvalue weighted by molar-refractivity contribution is 1.09. The second-order valence-corrected chi connectivity index (χ2v) is 4.80. The third-order valence-corrected chi connectivity index (χ3v) is 3.30. The van der Waals surface area contributed by atoms with Gasteiger partial charge in [0.1, 0.15) is 5.69 Å². The van der Waals surface area contributed by atoms with Crippen molar-refractivity contribution >= 4 is 22.7 Å². The van der Waals surface area contributed by atoms with Gasteiger partial charge in [0.2, 0.25) is 0 Å². The molecule has 1 N–H and O–H groups in total. The van der Waals surface area contributed by atoms with Crippen LogP contribution in [0.25, 0.3) is 22.3 Å². The molecule has 3 rings (SSSR count). The van der Waals surface area contributed by atoms with Crippen molar-refractivity contribution in [1.29, 1.82) is 0 Å². The van der Waals surface area contributed by atoms with Crippen LogP contribution in [0.3, 0.4) is 0 Å². The van der Waals surface area contributed by atoms with Crippen molar-refractivity contribution in [2.45, 2.75) is 5.75 Å². The zero-order valence-corrected chi connectivity index (χ0v) is 10.7. The SMILES string of the molecule is CSCc1ccc2ccnc(-c3ccn[nH]3)c2n1. The molecule has 0 aliphatic rings. The van der Waals surface area contributed by atoms with E-state index in [1.807, 2.05) is 12.1 Å². The van der Waals surface area contributed by atoms with Crippen LogP contribution in [0.1, 0.15) is 5.69 Å². The number of aromatic amines is 1. The van der Waals surface area contributed by atoms with E-state index in [1.54, 1.807) is 24.2 Å². The van der Waals surface area contributed by atoms with Crippen molar-refractivity contribution in [2.75, 3.05) is 6.26 Å². The molecule has 0 saturated carbocycles. The van der Waals surface area contributed by atoms with Crippen LogP contribution in [-0.4, -0.2) is 26.4 Å². The van der Waals surface area contributed by atoms with Crippen LogP contribution >= 0.6 is 11.8 Å². The number of H-pyrrole nitrogens is 1. The Balaban J connectivity index is 2.22. The maximum Gasteiger partial charge on any atom is 0.114 e. The van der Waals surface area contributed by atoms with Crippen molar-refractivity contribution in [3.05, 3.63) is 42.4 Å². The number of rotatable bonds is 3. The van der Waals surface area contributed by atoms with Crippen molar-refractivity contribution in [3.8, 4) is 11.4 Å². The minimum Gasteiger partial charge on any atom is -0.276 e. The zero-order chi connectivity index (χ0) is 12.4. The Bertz CT molecular complexity index is 664. The molecule has 0 saturated heterocycles. The van der Waals surface area contributed by atoms with Gasteiger partial charge in [0.25, 0.3) is 0 Å². The summed E-state index contributed by atoms with van der Waals surface area (Å²) in [5.41, 5.74) is 3.75. The lowest BCUT2D eigenvalue weighted by Crippen LogP contribution is -1.93. The molecule has 5 heteroatoms. The molecule has 4 nitrogen and oxygen atoms in total.